The zero-order valence-corrected chi connectivity index (χ0v) is 20.5. The van der Waals surface area contributed by atoms with Gasteiger partial charge in [0.25, 0.3) is 0 Å². The van der Waals surface area contributed by atoms with Gasteiger partial charge in [0.15, 0.2) is 0 Å². The smallest absolute Gasteiger partial charge is 0.230 e. The molecule has 1 aromatic heterocycles. The number of pyridine rings is 1. The number of piperazine rings is 1. The quantitative estimate of drug-likeness (QED) is 0.697. The van der Waals surface area contributed by atoms with E-state index in [1.54, 1.807) is 6.20 Å². The van der Waals surface area contributed by atoms with Crippen LogP contribution in [0.4, 0.5) is 11.4 Å². The molecule has 2 aliphatic heterocycles. The number of para-hydroxylation sites is 1. The lowest BCUT2D eigenvalue weighted by molar-refractivity contribution is -0.120. The summed E-state index contributed by atoms with van der Waals surface area (Å²) in [5, 5.41) is 11.0. The van der Waals surface area contributed by atoms with Crippen LogP contribution in [0.25, 0.3) is 0 Å². The fourth-order valence-electron chi connectivity index (χ4n) is 5.18. The van der Waals surface area contributed by atoms with Crippen molar-refractivity contribution < 1.29 is 9.90 Å². The Bertz CT molecular complexity index is 953. The number of aromatic nitrogens is 1. The molecule has 1 aromatic carbocycles. The van der Waals surface area contributed by atoms with Gasteiger partial charge in [-0.25, -0.2) is 0 Å². The fourth-order valence-corrected chi connectivity index (χ4v) is 5.18. The van der Waals surface area contributed by atoms with Gasteiger partial charge in [0.2, 0.25) is 5.91 Å². The van der Waals surface area contributed by atoms with Crippen molar-refractivity contribution in [1.29, 1.82) is 0 Å². The Hall–Kier alpha value is -2.44. The minimum absolute atomic E-state index is 0.0125. The zero-order chi connectivity index (χ0) is 23.6. The van der Waals surface area contributed by atoms with Gasteiger partial charge in [0, 0.05) is 44.3 Å². The Kier molecular flexibility index (Phi) is 7.05. The number of anilines is 2. The Balaban J connectivity index is 1.46. The van der Waals surface area contributed by atoms with Crippen molar-refractivity contribution in [3.8, 4) is 0 Å². The van der Waals surface area contributed by atoms with Crippen molar-refractivity contribution in [1.82, 2.24) is 9.88 Å². The van der Waals surface area contributed by atoms with E-state index in [4.69, 9.17) is 0 Å². The van der Waals surface area contributed by atoms with Crippen LogP contribution >= 0.6 is 0 Å². The van der Waals surface area contributed by atoms with Gasteiger partial charge in [-0.2, -0.15) is 0 Å². The van der Waals surface area contributed by atoms with E-state index in [9.17, 15) is 9.90 Å². The molecule has 4 rings (SSSR count). The standard InChI is InChI=1S/C27H38N4O2/c1-5-27(33,20(2)3)25-11-10-23(19-28-25)31-13-12-22(26(31)32)18-21-8-6-7-9-24(21)30-16-14-29(4)15-17-30/h6-11,19-20,22,33H,5,12-18H2,1-4H3. The maximum atomic E-state index is 13.3. The second-order valence-electron chi connectivity index (χ2n) is 9.93. The molecule has 178 valence electrons. The van der Waals surface area contributed by atoms with Crippen molar-refractivity contribution in [2.45, 2.75) is 45.6 Å². The number of nitrogens with zero attached hydrogens (tertiary/aromatic N) is 4. The SMILES string of the molecule is CCC(O)(c1ccc(N2CCC(Cc3ccccc3N3CCN(C)CC3)C2=O)cn1)C(C)C. The molecule has 3 heterocycles. The van der Waals surface area contributed by atoms with Crippen LogP contribution in [-0.2, 0) is 16.8 Å². The number of likely N-dealkylation sites (N-methyl/N-ethyl adjacent to an activating group) is 1. The van der Waals surface area contributed by atoms with Crippen LogP contribution in [0.3, 0.4) is 0 Å². The molecule has 2 aliphatic rings. The molecule has 0 bridgehead atoms. The van der Waals surface area contributed by atoms with E-state index in [1.165, 1.54) is 11.3 Å². The number of aliphatic hydroxyl groups is 1. The highest BCUT2D eigenvalue weighted by atomic mass is 16.3. The number of hydrogen-bond donors (Lipinski definition) is 1. The normalized spacial score (nSPS) is 21.6. The first-order valence-electron chi connectivity index (χ1n) is 12.3. The Morgan fingerprint density at radius 3 is 2.45 bits per heavy atom. The van der Waals surface area contributed by atoms with Crippen LogP contribution in [0.2, 0.25) is 0 Å². The number of carbonyl (C=O) groups excluding carboxylic acids is 1. The van der Waals surface area contributed by atoms with E-state index < -0.39 is 5.60 Å². The maximum absolute atomic E-state index is 13.3. The highest BCUT2D eigenvalue weighted by Crippen LogP contribution is 2.34. The van der Waals surface area contributed by atoms with Gasteiger partial charge in [-0.3, -0.25) is 9.78 Å². The molecule has 0 radical (unpaired) electrons. The zero-order valence-electron chi connectivity index (χ0n) is 20.5. The molecule has 1 amide bonds. The molecule has 6 heteroatoms. The first kappa shape index (κ1) is 23.7. The topological polar surface area (TPSA) is 59.9 Å². The van der Waals surface area contributed by atoms with Gasteiger partial charge < -0.3 is 19.8 Å². The number of amides is 1. The van der Waals surface area contributed by atoms with Gasteiger partial charge in [-0.1, -0.05) is 39.0 Å². The van der Waals surface area contributed by atoms with E-state index >= 15 is 0 Å². The average Bonchev–Trinajstić information content (AvgIpc) is 3.19. The average molecular weight is 451 g/mol. The van der Waals surface area contributed by atoms with Gasteiger partial charge in [-0.15, -0.1) is 0 Å². The van der Waals surface area contributed by atoms with Gasteiger partial charge >= 0.3 is 0 Å². The highest BCUT2D eigenvalue weighted by Gasteiger charge is 2.35. The van der Waals surface area contributed by atoms with Crippen molar-refractivity contribution in [3.05, 3.63) is 53.9 Å². The number of hydrogen-bond acceptors (Lipinski definition) is 5. The monoisotopic (exact) mass is 450 g/mol. The number of carbonyl (C=O) groups is 1. The third-order valence-corrected chi connectivity index (χ3v) is 7.62. The Morgan fingerprint density at radius 2 is 1.82 bits per heavy atom. The Morgan fingerprint density at radius 1 is 1.09 bits per heavy atom. The van der Waals surface area contributed by atoms with Crippen molar-refractivity contribution in [3.63, 3.8) is 0 Å². The molecule has 2 saturated heterocycles. The third-order valence-electron chi connectivity index (χ3n) is 7.62. The molecule has 6 nitrogen and oxygen atoms in total. The summed E-state index contributed by atoms with van der Waals surface area (Å²) in [6, 6.07) is 12.4. The molecule has 2 unspecified atom stereocenters. The summed E-state index contributed by atoms with van der Waals surface area (Å²) in [6.07, 6.45) is 3.97. The molecule has 2 fully saturated rings. The summed E-state index contributed by atoms with van der Waals surface area (Å²) in [4.78, 5) is 24.6. The van der Waals surface area contributed by atoms with Gasteiger partial charge in [-0.05, 0) is 56.0 Å². The maximum Gasteiger partial charge on any atom is 0.230 e. The predicted molar refractivity (Wildman–Crippen MR) is 134 cm³/mol. The van der Waals surface area contributed by atoms with E-state index in [1.807, 2.05) is 37.8 Å². The fraction of sp³-hybridized carbons (Fsp3) is 0.556. The van der Waals surface area contributed by atoms with Crippen LogP contribution in [0.15, 0.2) is 42.6 Å². The minimum Gasteiger partial charge on any atom is -0.383 e. The van der Waals surface area contributed by atoms with E-state index in [2.05, 4.69) is 46.1 Å². The number of benzene rings is 1. The Labute approximate surface area is 198 Å². The lowest BCUT2D eigenvalue weighted by atomic mass is 9.84. The summed E-state index contributed by atoms with van der Waals surface area (Å²) in [7, 11) is 2.17. The second-order valence-corrected chi connectivity index (χ2v) is 9.93. The predicted octanol–water partition coefficient (Wildman–Crippen LogP) is 3.68. The first-order valence-corrected chi connectivity index (χ1v) is 12.3. The molecule has 0 saturated carbocycles. The summed E-state index contributed by atoms with van der Waals surface area (Å²) < 4.78 is 0. The van der Waals surface area contributed by atoms with Crippen LogP contribution in [0.5, 0.6) is 0 Å². The van der Waals surface area contributed by atoms with Crippen molar-refractivity contribution in [2.75, 3.05) is 49.6 Å². The van der Waals surface area contributed by atoms with Crippen molar-refractivity contribution >= 4 is 17.3 Å². The van der Waals surface area contributed by atoms with E-state index in [0.29, 0.717) is 18.7 Å². The van der Waals surface area contributed by atoms with Gasteiger partial charge in [0.05, 0.1) is 17.6 Å². The van der Waals surface area contributed by atoms with E-state index in [-0.39, 0.29) is 17.7 Å². The van der Waals surface area contributed by atoms with Crippen LogP contribution in [0.1, 0.15) is 44.9 Å². The molecule has 33 heavy (non-hydrogen) atoms. The largest absolute Gasteiger partial charge is 0.383 e. The third kappa shape index (κ3) is 4.78. The summed E-state index contributed by atoms with van der Waals surface area (Å²) in [5.41, 5.74) is 3.09. The molecule has 2 atom stereocenters. The van der Waals surface area contributed by atoms with Crippen LogP contribution < -0.4 is 9.80 Å². The molecule has 0 aliphatic carbocycles. The summed E-state index contributed by atoms with van der Waals surface area (Å²) >= 11 is 0. The molecule has 0 spiro atoms. The van der Waals surface area contributed by atoms with Crippen LogP contribution in [0, 0.1) is 11.8 Å². The lowest BCUT2D eigenvalue weighted by Gasteiger charge is -2.35. The van der Waals surface area contributed by atoms with Crippen molar-refractivity contribution in [2.24, 2.45) is 11.8 Å². The highest BCUT2D eigenvalue weighted by molar-refractivity contribution is 5.97. The van der Waals surface area contributed by atoms with Gasteiger partial charge in [0.1, 0.15) is 5.60 Å². The summed E-state index contributed by atoms with van der Waals surface area (Å²) in [5.74, 6) is 0.230. The molecular formula is C27H38N4O2. The van der Waals surface area contributed by atoms with Crippen LogP contribution in [-0.4, -0.2) is 60.7 Å². The molecule has 2 aromatic rings. The van der Waals surface area contributed by atoms with E-state index in [0.717, 1.165) is 44.7 Å². The summed E-state index contributed by atoms with van der Waals surface area (Å²) in [6.45, 7) is 10.9. The minimum atomic E-state index is -0.941. The first-order chi connectivity index (χ1) is 15.8. The molecule has 1 N–H and O–H groups in total. The number of rotatable bonds is 7. The molecular weight excluding hydrogens is 412 g/mol. The second kappa shape index (κ2) is 9.82. The lowest BCUT2D eigenvalue weighted by Crippen LogP contribution is -2.44.